The van der Waals surface area contributed by atoms with Crippen molar-refractivity contribution >= 4 is 28.2 Å². The number of aryl methyl sites for hydroxylation is 1. The zero-order valence-electron chi connectivity index (χ0n) is 16.1. The lowest BCUT2D eigenvalue weighted by Crippen LogP contribution is -2.43. The highest BCUT2D eigenvalue weighted by Crippen LogP contribution is 2.26. The Balaban J connectivity index is 1.27. The number of benzene rings is 2. The van der Waals surface area contributed by atoms with E-state index in [-0.39, 0.29) is 0 Å². The van der Waals surface area contributed by atoms with Crippen LogP contribution in [-0.2, 0) is 12.8 Å². The molecule has 1 aliphatic carbocycles. The Morgan fingerprint density at radius 2 is 2.14 bits per heavy atom. The van der Waals surface area contributed by atoms with Gasteiger partial charge in [0.2, 0.25) is 0 Å². The lowest BCUT2D eigenvalue weighted by molar-refractivity contribution is 0.179. The van der Waals surface area contributed by atoms with Crippen molar-refractivity contribution in [1.29, 1.82) is 0 Å². The SMILES string of the molecule is CCN(CCNC(=O)Oc1ccc2ccccc2c1)C1CCc2ncsc2C1. The molecule has 3 aromatic rings. The summed E-state index contributed by atoms with van der Waals surface area (Å²) in [6.07, 6.45) is 2.85. The predicted octanol–water partition coefficient (Wildman–Crippen LogP) is 4.26. The van der Waals surface area contributed by atoms with E-state index in [2.05, 4.69) is 22.1 Å². The number of fused-ring (bicyclic) bond motifs is 2. The number of hydrogen-bond donors (Lipinski definition) is 1. The first kappa shape index (κ1) is 18.9. The fourth-order valence-electron chi connectivity index (χ4n) is 3.87. The Kier molecular flexibility index (Phi) is 5.88. The van der Waals surface area contributed by atoms with E-state index in [1.165, 1.54) is 10.6 Å². The van der Waals surface area contributed by atoms with Gasteiger partial charge in [0.05, 0.1) is 11.2 Å². The van der Waals surface area contributed by atoms with Crippen LogP contribution < -0.4 is 10.1 Å². The standard InChI is InChI=1S/C22H25N3O2S/c1-2-25(18-8-10-20-21(14-18)28-15-24-20)12-11-23-22(26)27-19-9-7-16-5-3-4-6-17(16)13-19/h3-7,9,13,15,18H,2,8,10-12,14H2,1H3,(H,23,26). The Morgan fingerprint density at radius 3 is 3.00 bits per heavy atom. The topological polar surface area (TPSA) is 54.5 Å². The summed E-state index contributed by atoms with van der Waals surface area (Å²) in [5, 5.41) is 5.07. The molecule has 0 spiro atoms. The zero-order chi connectivity index (χ0) is 19.3. The average molecular weight is 396 g/mol. The van der Waals surface area contributed by atoms with Crippen molar-refractivity contribution in [2.45, 2.75) is 32.2 Å². The number of nitrogens with one attached hydrogen (secondary N) is 1. The van der Waals surface area contributed by atoms with Crippen molar-refractivity contribution < 1.29 is 9.53 Å². The van der Waals surface area contributed by atoms with Crippen molar-refractivity contribution in [2.24, 2.45) is 0 Å². The molecule has 6 heteroatoms. The first-order valence-corrected chi connectivity index (χ1v) is 10.7. The van der Waals surface area contributed by atoms with E-state index in [0.717, 1.165) is 43.1 Å². The molecule has 2 aromatic carbocycles. The molecule has 28 heavy (non-hydrogen) atoms. The van der Waals surface area contributed by atoms with Crippen LogP contribution in [0.2, 0.25) is 0 Å². The molecule has 1 atom stereocenters. The van der Waals surface area contributed by atoms with Crippen LogP contribution in [0.1, 0.15) is 23.9 Å². The molecule has 0 saturated heterocycles. The number of carbonyl (C=O) groups is 1. The van der Waals surface area contributed by atoms with Crippen LogP contribution in [0.25, 0.3) is 10.8 Å². The number of rotatable bonds is 6. The van der Waals surface area contributed by atoms with E-state index in [4.69, 9.17) is 4.74 Å². The van der Waals surface area contributed by atoms with E-state index < -0.39 is 6.09 Å². The van der Waals surface area contributed by atoms with Crippen LogP contribution in [0.15, 0.2) is 48.0 Å². The predicted molar refractivity (Wildman–Crippen MR) is 113 cm³/mol. The van der Waals surface area contributed by atoms with Crippen LogP contribution in [0, 0.1) is 0 Å². The van der Waals surface area contributed by atoms with Crippen molar-refractivity contribution in [1.82, 2.24) is 15.2 Å². The van der Waals surface area contributed by atoms with Gasteiger partial charge >= 0.3 is 6.09 Å². The zero-order valence-corrected chi connectivity index (χ0v) is 16.9. The molecule has 0 bridgehead atoms. The van der Waals surface area contributed by atoms with Crippen molar-refractivity contribution in [3.63, 3.8) is 0 Å². The average Bonchev–Trinajstić information content (AvgIpc) is 3.19. The van der Waals surface area contributed by atoms with Gasteiger partial charge in [0.1, 0.15) is 5.75 Å². The summed E-state index contributed by atoms with van der Waals surface area (Å²) in [5.74, 6) is 0.563. The Morgan fingerprint density at radius 1 is 1.29 bits per heavy atom. The van der Waals surface area contributed by atoms with E-state index in [1.807, 2.05) is 48.0 Å². The number of carbonyl (C=O) groups excluding carboxylic acids is 1. The van der Waals surface area contributed by atoms with E-state index in [0.29, 0.717) is 18.3 Å². The molecule has 1 N–H and O–H groups in total. The highest BCUT2D eigenvalue weighted by molar-refractivity contribution is 7.09. The lowest BCUT2D eigenvalue weighted by Gasteiger charge is -2.33. The normalized spacial score (nSPS) is 16.1. The van der Waals surface area contributed by atoms with Crippen molar-refractivity contribution in [2.75, 3.05) is 19.6 Å². The molecule has 0 fully saturated rings. The third-order valence-electron chi connectivity index (χ3n) is 5.38. The molecule has 0 saturated carbocycles. The molecule has 1 amide bonds. The summed E-state index contributed by atoms with van der Waals surface area (Å²) in [5.41, 5.74) is 3.22. The minimum Gasteiger partial charge on any atom is -0.410 e. The fraction of sp³-hybridized carbons (Fsp3) is 0.364. The van der Waals surface area contributed by atoms with Gasteiger partial charge in [-0.2, -0.15) is 0 Å². The van der Waals surface area contributed by atoms with Crippen molar-refractivity contribution in [3.8, 4) is 5.75 Å². The first-order chi connectivity index (χ1) is 13.7. The third-order valence-corrected chi connectivity index (χ3v) is 6.28. The molecular formula is C22H25N3O2S. The summed E-state index contributed by atoms with van der Waals surface area (Å²) in [6, 6.07) is 14.2. The number of hydrogen-bond acceptors (Lipinski definition) is 5. The summed E-state index contributed by atoms with van der Waals surface area (Å²) < 4.78 is 5.44. The second-order valence-electron chi connectivity index (χ2n) is 7.07. The Labute approximate surface area is 169 Å². The highest BCUT2D eigenvalue weighted by Gasteiger charge is 2.24. The molecule has 4 rings (SSSR count). The maximum Gasteiger partial charge on any atom is 0.412 e. The second-order valence-corrected chi connectivity index (χ2v) is 8.01. The van der Waals surface area contributed by atoms with Crippen molar-refractivity contribution in [3.05, 3.63) is 58.5 Å². The third kappa shape index (κ3) is 4.34. The minimum atomic E-state index is -0.403. The minimum absolute atomic E-state index is 0.403. The monoisotopic (exact) mass is 395 g/mol. The van der Waals surface area contributed by atoms with Crippen LogP contribution in [0.3, 0.4) is 0 Å². The number of ether oxygens (including phenoxy) is 1. The second kappa shape index (κ2) is 8.71. The fourth-order valence-corrected chi connectivity index (χ4v) is 4.76. The smallest absolute Gasteiger partial charge is 0.410 e. The van der Waals surface area contributed by atoms with Gasteiger partial charge in [-0.15, -0.1) is 11.3 Å². The van der Waals surface area contributed by atoms with Gasteiger partial charge in [0.25, 0.3) is 0 Å². The Bertz CT molecular complexity index is 956. The molecule has 0 radical (unpaired) electrons. The van der Waals surface area contributed by atoms with Gasteiger partial charge in [-0.05, 0) is 48.7 Å². The summed E-state index contributed by atoms with van der Waals surface area (Å²) in [7, 11) is 0. The van der Waals surface area contributed by atoms with E-state index >= 15 is 0 Å². The number of amides is 1. The van der Waals surface area contributed by atoms with E-state index in [1.54, 1.807) is 11.3 Å². The number of nitrogens with zero attached hydrogens (tertiary/aromatic N) is 2. The van der Waals surface area contributed by atoms with Gasteiger partial charge in [-0.3, -0.25) is 4.90 Å². The van der Waals surface area contributed by atoms with Gasteiger partial charge in [-0.1, -0.05) is 37.3 Å². The van der Waals surface area contributed by atoms with Gasteiger partial charge in [0, 0.05) is 24.0 Å². The maximum absolute atomic E-state index is 12.2. The molecule has 1 aromatic heterocycles. The van der Waals surface area contributed by atoms with Crippen LogP contribution in [0.5, 0.6) is 5.75 Å². The molecule has 1 heterocycles. The molecule has 146 valence electrons. The quantitative estimate of drug-likeness (QED) is 0.677. The van der Waals surface area contributed by atoms with Gasteiger partial charge < -0.3 is 10.1 Å². The summed E-state index contributed by atoms with van der Waals surface area (Å²) >= 11 is 1.76. The van der Waals surface area contributed by atoms with Gasteiger partial charge in [-0.25, -0.2) is 9.78 Å². The first-order valence-electron chi connectivity index (χ1n) is 9.82. The number of aromatic nitrogens is 1. The maximum atomic E-state index is 12.2. The highest BCUT2D eigenvalue weighted by atomic mass is 32.1. The van der Waals surface area contributed by atoms with E-state index in [9.17, 15) is 4.79 Å². The largest absolute Gasteiger partial charge is 0.412 e. The molecule has 5 nitrogen and oxygen atoms in total. The molecule has 1 unspecified atom stereocenters. The lowest BCUT2D eigenvalue weighted by atomic mass is 9.96. The van der Waals surface area contributed by atoms with Gasteiger partial charge in [0.15, 0.2) is 0 Å². The molecule has 0 aliphatic heterocycles. The molecule has 1 aliphatic rings. The summed E-state index contributed by atoms with van der Waals surface area (Å²) in [6.45, 7) is 4.55. The van der Waals surface area contributed by atoms with Crippen LogP contribution >= 0.6 is 11.3 Å². The number of likely N-dealkylation sites (N-methyl/N-ethyl adjacent to an activating group) is 1. The summed E-state index contributed by atoms with van der Waals surface area (Å²) in [4.78, 5) is 20.5. The molecular weight excluding hydrogens is 370 g/mol. The Hall–Kier alpha value is -2.44. The number of thiazole rings is 1. The van der Waals surface area contributed by atoms with Crippen LogP contribution in [0.4, 0.5) is 4.79 Å². The van der Waals surface area contributed by atoms with Crippen LogP contribution in [-0.4, -0.2) is 41.7 Å².